The number of halogens is 3. The summed E-state index contributed by atoms with van der Waals surface area (Å²) in [5.74, 6) is 0.407. The van der Waals surface area contributed by atoms with Crippen molar-refractivity contribution in [3.8, 4) is 11.4 Å². The summed E-state index contributed by atoms with van der Waals surface area (Å²) in [6, 6.07) is 14.6. The van der Waals surface area contributed by atoms with Crippen molar-refractivity contribution in [3.63, 3.8) is 0 Å². The Labute approximate surface area is 150 Å². The minimum Gasteiger partial charge on any atom is -0.182 e. The van der Waals surface area contributed by atoms with Crippen LogP contribution in [-0.4, -0.2) is 19.8 Å². The molecular weight excluding hydrogens is 361 g/mol. The van der Waals surface area contributed by atoms with Gasteiger partial charge in [0.05, 0.1) is 5.56 Å². The van der Waals surface area contributed by atoms with E-state index in [2.05, 4.69) is 15.3 Å². The molecule has 2 aromatic carbocycles. The first-order valence-corrected chi connectivity index (χ1v) is 8.45. The van der Waals surface area contributed by atoms with Crippen molar-refractivity contribution in [1.82, 2.24) is 19.8 Å². The van der Waals surface area contributed by atoms with E-state index in [9.17, 15) is 13.2 Å². The molecule has 0 saturated carbocycles. The van der Waals surface area contributed by atoms with E-state index in [4.69, 9.17) is 0 Å². The number of hydrogen-bond donors (Lipinski definition) is 0. The number of hydrogen-bond acceptors (Lipinski definition) is 4. The first-order valence-electron chi connectivity index (χ1n) is 7.64. The first-order chi connectivity index (χ1) is 12.5. The van der Waals surface area contributed by atoms with Gasteiger partial charge >= 0.3 is 6.18 Å². The minimum atomic E-state index is -4.37. The number of nitrogens with zero attached hydrogens (tertiary/aromatic N) is 4. The quantitative estimate of drug-likeness (QED) is 0.506. The summed E-state index contributed by atoms with van der Waals surface area (Å²) in [5.41, 5.74) is 0.864. The lowest BCUT2D eigenvalue weighted by Gasteiger charge is -2.06. The molecule has 0 fully saturated rings. The highest BCUT2D eigenvalue weighted by Crippen LogP contribution is 2.31. The van der Waals surface area contributed by atoms with Gasteiger partial charge in [0.2, 0.25) is 4.96 Å². The van der Waals surface area contributed by atoms with Crippen LogP contribution in [0.5, 0.6) is 0 Å². The highest BCUT2D eigenvalue weighted by molar-refractivity contribution is 7.17. The smallest absolute Gasteiger partial charge is 0.182 e. The van der Waals surface area contributed by atoms with Gasteiger partial charge in [0.15, 0.2) is 5.82 Å². The Morgan fingerprint density at radius 1 is 0.885 bits per heavy atom. The van der Waals surface area contributed by atoms with E-state index >= 15 is 0 Å². The topological polar surface area (TPSA) is 43.1 Å². The second kappa shape index (κ2) is 6.38. The number of fused-ring (bicyclic) bond motifs is 1. The molecule has 0 aliphatic carbocycles. The Kier molecular flexibility index (Phi) is 4.04. The van der Waals surface area contributed by atoms with Crippen LogP contribution in [0, 0.1) is 0 Å². The van der Waals surface area contributed by atoms with Crippen molar-refractivity contribution in [2.45, 2.75) is 6.18 Å². The molecule has 26 heavy (non-hydrogen) atoms. The third kappa shape index (κ3) is 3.23. The Balaban J connectivity index is 1.65. The zero-order valence-electron chi connectivity index (χ0n) is 13.2. The molecule has 130 valence electrons. The lowest BCUT2D eigenvalue weighted by atomic mass is 10.1. The maximum absolute atomic E-state index is 12.7. The third-order valence-corrected chi connectivity index (χ3v) is 4.56. The maximum atomic E-state index is 12.7. The van der Waals surface area contributed by atoms with Crippen LogP contribution in [-0.2, 0) is 6.18 Å². The number of alkyl halides is 3. The average molecular weight is 372 g/mol. The van der Waals surface area contributed by atoms with E-state index in [1.807, 2.05) is 42.5 Å². The van der Waals surface area contributed by atoms with Gasteiger partial charge in [-0.3, -0.25) is 0 Å². The summed E-state index contributed by atoms with van der Waals surface area (Å²) in [6.07, 6.45) is -0.566. The molecule has 4 aromatic rings. The molecule has 2 heterocycles. The summed E-state index contributed by atoms with van der Waals surface area (Å²) in [6.45, 7) is 0. The summed E-state index contributed by atoms with van der Waals surface area (Å²) in [7, 11) is 0. The van der Waals surface area contributed by atoms with Gasteiger partial charge in [0.25, 0.3) is 0 Å². The van der Waals surface area contributed by atoms with Crippen LogP contribution >= 0.6 is 11.3 Å². The summed E-state index contributed by atoms with van der Waals surface area (Å²) in [5, 5.41) is 13.3. The van der Waals surface area contributed by atoms with E-state index in [0.717, 1.165) is 22.7 Å². The first kappa shape index (κ1) is 16.5. The largest absolute Gasteiger partial charge is 0.416 e. The molecule has 0 unspecified atom stereocenters. The van der Waals surface area contributed by atoms with E-state index < -0.39 is 11.7 Å². The molecule has 0 spiro atoms. The van der Waals surface area contributed by atoms with Crippen molar-refractivity contribution in [2.24, 2.45) is 0 Å². The highest BCUT2D eigenvalue weighted by atomic mass is 32.1. The zero-order chi connectivity index (χ0) is 18.1. The molecule has 0 saturated heterocycles. The van der Waals surface area contributed by atoms with Gasteiger partial charge in [0.1, 0.15) is 5.01 Å². The van der Waals surface area contributed by atoms with Crippen LogP contribution in [0.15, 0.2) is 54.6 Å². The SMILES string of the molecule is FC(F)(F)c1ccc(-c2nnc3sc(/C=C/c4ccccc4)nn23)cc1. The standard InChI is InChI=1S/C18H11F3N4S/c19-18(20,21)14-9-7-13(8-10-14)16-22-23-17-25(16)24-15(26-17)11-6-12-4-2-1-3-5-12/h1-11H/b11-6+. The summed E-state index contributed by atoms with van der Waals surface area (Å²) in [4.78, 5) is 0.576. The molecule has 0 atom stereocenters. The highest BCUT2D eigenvalue weighted by Gasteiger charge is 2.30. The van der Waals surface area contributed by atoms with Crippen molar-refractivity contribution in [3.05, 3.63) is 70.7 Å². The van der Waals surface area contributed by atoms with Crippen molar-refractivity contribution in [2.75, 3.05) is 0 Å². The van der Waals surface area contributed by atoms with Gasteiger partial charge in [-0.1, -0.05) is 59.9 Å². The normalized spacial score (nSPS) is 12.3. The number of benzene rings is 2. The molecular formula is C18H11F3N4S. The van der Waals surface area contributed by atoms with Crippen molar-refractivity contribution in [1.29, 1.82) is 0 Å². The van der Waals surface area contributed by atoms with Gasteiger partial charge in [-0.05, 0) is 23.8 Å². The molecule has 8 heteroatoms. The molecule has 0 radical (unpaired) electrons. The maximum Gasteiger partial charge on any atom is 0.416 e. The molecule has 0 aliphatic rings. The van der Waals surface area contributed by atoms with Crippen molar-refractivity contribution < 1.29 is 13.2 Å². The molecule has 4 rings (SSSR count). The number of rotatable bonds is 3. The Bertz CT molecular complexity index is 1060. The van der Waals surface area contributed by atoms with E-state index in [1.165, 1.54) is 28.0 Å². The van der Waals surface area contributed by atoms with Gasteiger partial charge in [-0.25, -0.2) is 0 Å². The predicted molar refractivity (Wildman–Crippen MR) is 94.5 cm³/mol. The van der Waals surface area contributed by atoms with E-state index in [-0.39, 0.29) is 0 Å². The lowest BCUT2D eigenvalue weighted by Crippen LogP contribution is -2.04. The van der Waals surface area contributed by atoms with Crippen molar-refractivity contribution >= 4 is 28.4 Å². The molecule has 0 aliphatic heterocycles. The van der Waals surface area contributed by atoms with Gasteiger partial charge in [-0.15, -0.1) is 10.2 Å². The van der Waals surface area contributed by atoms with Gasteiger partial charge in [0, 0.05) is 5.56 Å². The second-order valence-electron chi connectivity index (χ2n) is 5.48. The molecule has 0 amide bonds. The summed E-state index contributed by atoms with van der Waals surface area (Å²) < 4.78 is 39.6. The second-order valence-corrected chi connectivity index (χ2v) is 6.46. The van der Waals surface area contributed by atoms with Gasteiger partial charge in [-0.2, -0.15) is 22.8 Å². The molecule has 4 nitrogen and oxygen atoms in total. The van der Waals surface area contributed by atoms with E-state index in [1.54, 1.807) is 0 Å². The number of aromatic nitrogens is 4. The molecule has 0 bridgehead atoms. The summed E-state index contributed by atoms with van der Waals surface area (Å²) >= 11 is 1.35. The minimum absolute atomic E-state index is 0.407. The third-order valence-electron chi connectivity index (χ3n) is 3.69. The van der Waals surface area contributed by atoms with E-state index in [0.29, 0.717) is 16.3 Å². The fraction of sp³-hybridized carbons (Fsp3) is 0.0556. The predicted octanol–water partition coefficient (Wildman–Crippen LogP) is 5.04. The Morgan fingerprint density at radius 2 is 1.62 bits per heavy atom. The Hall–Kier alpha value is -3.00. The average Bonchev–Trinajstić information content (AvgIpc) is 3.20. The van der Waals surface area contributed by atoms with Crippen LogP contribution in [0.4, 0.5) is 13.2 Å². The van der Waals surface area contributed by atoms with Crippen LogP contribution in [0.1, 0.15) is 16.1 Å². The molecule has 0 N–H and O–H groups in total. The fourth-order valence-corrected chi connectivity index (χ4v) is 3.16. The zero-order valence-corrected chi connectivity index (χ0v) is 14.0. The van der Waals surface area contributed by atoms with Gasteiger partial charge < -0.3 is 0 Å². The van der Waals surface area contributed by atoms with Crippen LogP contribution in [0.2, 0.25) is 0 Å². The van der Waals surface area contributed by atoms with Crippen LogP contribution in [0.25, 0.3) is 28.5 Å². The fourth-order valence-electron chi connectivity index (χ4n) is 2.42. The van der Waals surface area contributed by atoms with Crippen LogP contribution < -0.4 is 0 Å². The van der Waals surface area contributed by atoms with Crippen LogP contribution in [0.3, 0.4) is 0 Å². The lowest BCUT2D eigenvalue weighted by molar-refractivity contribution is -0.137. The monoisotopic (exact) mass is 372 g/mol. The molecule has 2 aromatic heterocycles. The Morgan fingerprint density at radius 3 is 2.31 bits per heavy atom.